The first kappa shape index (κ1) is 11.9. The molecule has 0 atom stereocenters. The van der Waals surface area contributed by atoms with E-state index in [1.165, 1.54) is 10.6 Å². The van der Waals surface area contributed by atoms with Crippen LogP contribution in [0.15, 0.2) is 47.4 Å². The SMILES string of the molecule is Cc1nc(-n2ccccc2=O)c2cc(Cl)ccc2n1. The van der Waals surface area contributed by atoms with Gasteiger partial charge in [0.1, 0.15) is 5.82 Å². The lowest BCUT2D eigenvalue weighted by atomic mass is 10.2. The number of pyridine rings is 1. The molecule has 0 amide bonds. The number of rotatable bonds is 1. The van der Waals surface area contributed by atoms with Crippen LogP contribution in [0.2, 0.25) is 5.02 Å². The van der Waals surface area contributed by atoms with E-state index in [1.807, 2.05) is 6.07 Å². The Hall–Kier alpha value is -2.20. The molecule has 1 aromatic carbocycles. The Balaban J connectivity index is 2.43. The van der Waals surface area contributed by atoms with Crippen LogP contribution >= 0.6 is 11.6 Å². The topological polar surface area (TPSA) is 47.8 Å². The fourth-order valence-electron chi connectivity index (χ4n) is 1.98. The molecule has 0 spiro atoms. The average Bonchev–Trinajstić information content (AvgIpc) is 2.39. The molecule has 3 rings (SSSR count). The summed E-state index contributed by atoms with van der Waals surface area (Å²) in [5, 5.41) is 1.34. The van der Waals surface area contributed by atoms with Gasteiger partial charge in [0, 0.05) is 22.7 Å². The van der Waals surface area contributed by atoms with Crippen LogP contribution in [-0.2, 0) is 0 Å². The molecule has 0 aliphatic heterocycles. The Morgan fingerprint density at radius 3 is 2.79 bits per heavy atom. The Morgan fingerprint density at radius 1 is 1.16 bits per heavy atom. The van der Waals surface area contributed by atoms with Crippen LogP contribution in [0.3, 0.4) is 0 Å². The van der Waals surface area contributed by atoms with E-state index in [0.29, 0.717) is 16.7 Å². The van der Waals surface area contributed by atoms with Crippen molar-refractivity contribution in [3.63, 3.8) is 0 Å². The molecule has 19 heavy (non-hydrogen) atoms. The van der Waals surface area contributed by atoms with Gasteiger partial charge in [-0.2, -0.15) is 0 Å². The first-order valence-corrected chi connectivity index (χ1v) is 6.15. The molecule has 0 radical (unpaired) electrons. The second-order valence-electron chi connectivity index (χ2n) is 4.16. The highest BCUT2D eigenvalue weighted by atomic mass is 35.5. The van der Waals surface area contributed by atoms with Crippen LogP contribution < -0.4 is 5.56 Å². The Kier molecular flexibility index (Phi) is 2.80. The van der Waals surface area contributed by atoms with Crippen molar-refractivity contribution in [3.8, 4) is 5.82 Å². The molecule has 0 fully saturated rings. The second kappa shape index (κ2) is 4.48. The Morgan fingerprint density at radius 2 is 2.00 bits per heavy atom. The van der Waals surface area contributed by atoms with E-state index in [4.69, 9.17) is 11.6 Å². The van der Waals surface area contributed by atoms with Crippen LogP contribution in [-0.4, -0.2) is 14.5 Å². The quantitative estimate of drug-likeness (QED) is 0.684. The highest BCUT2D eigenvalue weighted by Gasteiger charge is 2.09. The predicted octanol–water partition coefficient (Wildman–Crippen LogP) is 2.74. The summed E-state index contributed by atoms with van der Waals surface area (Å²) in [6, 6.07) is 10.3. The normalized spacial score (nSPS) is 10.8. The number of hydrogen-bond donors (Lipinski definition) is 0. The summed E-state index contributed by atoms with van der Waals surface area (Å²) in [6.07, 6.45) is 1.68. The largest absolute Gasteiger partial charge is 0.269 e. The zero-order valence-electron chi connectivity index (χ0n) is 10.2. The van der Waals surface area contributed by atoms with Crippen molar-refractivity contribution in [1.82, 2.24) is 14.5 Å². The fraction of sp³-hybridized carbons (Fsp3) is 0.0714. The summed E-state index contributed by atoms with van der Waals surface area (Å²) in [5.41, 5.74) is 0.629. The molecular formula is C14H10ClN3O. The molecule has 0 aliphatic rings. The first-order chi connectivity index (χ1) is 9.15. The van der Waals surface area contributed by atoms with Crippen LogP contribution in [0, 0.1) is 6.92 Å². The average molecular weight is 272 g/mol. The van der Waals surface area contributed by atoms with Crippen molar-refractivity contribution in [2.45, 2.75) is 6.92 Å². The van der Waals surface area contributed by atoms with Crippen molar-refractivity contribution in [1.29, 1.82) is 0 Å². The van der Waals surface area contributed by atoms with E-state index < -0.39 is 0 Å². The Bertz CT molecular complexity index is 826. The van der Waals surface area contributed by atoms with Crippen LogP contribution in [0.1, 0.15) is 5.82 Å². The molecule has 5 heteroatoms. The van der Waals surface area contributed by atoms with Gasteiger partial charge >= 0.3 is 0 Å². The summed E-state index contributed by atoms with van der Waals surface area (Å²) >= 11 is 6.01. The molecule has 4 nitrogen and oxygen atoms in total. The minimum Gasteiger partial charge on any atom is -0.269 e. The molecule has 0 bridgehead atoms. The molecule has 0 unspecified atom stereocenters. The molecule has 0 saturated carbocycles. The van der Waals surface area contributed by atoms with Gasteiger partial charge in [0.25, 0.3) is 5.56 Å². The number of aryl methyl sites for hydroxylation is 1. The number of halogens is 1. The molecule has 0 aliphatic carbocycles. The van der Waals surface area contributed by atoms with E-state index >= 15 is 0 Å². The van der Waals surface area contributed by atoms with E-state index in [0.717, 1.165) is 10.9 Å². The van der Waals surface area contributed by atoms with Gasteiger partial charge in [-0.05, 0) is 31.2 Å². The standard InChI is InChI=1S/C14H10ClN3O/c1-9-16-12-6-5-10(15)8-11(12)14(17-9)18-7-3-2-4-13(18)19/h2-8H,1H3. The number of fused-ring (bicyclic) bond motifs is 1. The van der Waals surface area contributed by atoms with Gasteiger partial charge in [0.2, 0.25) is 0 Å². The predicted molar refractivity (Wildman–Crippen MR) is 74.9 cm³/mol. The lowest BCUT2D eigenvalue weighted by Gasteiger charge is -2.09. The molecule has 94 valence electrons. The van der Waals surface area contributed by atoms with Crippen LogP contribution in [0.25, 0.3) is 16.7 Å². The summed E-state index contributed by atoms with van der Waals surface area (Å²) in [6.45, 7) is 1.80. The number of aromatic nitrogens is 3. The monoisotopic (exact) mass is 271 g/mol. The van der Waals surface area contributed by atoms with E-state index in [1.54, 1.807) is 37.4 Å². The van der Waals surface area contributed by atoms with Gasteiger partial charge in [-0.1, -0.05) is 17.7 Å². The summed E-state index contributed by atoms with van der Waals surface area (Å²) in [7, 11) is 0. The zero-order valence-corrected chi connectivity index (χ0v) is 10.9. The minimum absolute atomic E-state index is 0.137. The maximum Gasteiger partial charge on any atom is 0.256 e. The maximum atomic E-state index is 11.9. The molecule has 0 N–H and O–H groups in total. The Labute approximate surface area is 114 Å². The third kappa shape index (κ3) is 2.11. The number of benzene rings is 1. The van der Waals surface area contributed by atoms with Gasteiger partial charge in [0.15, 0.2) is 5.82 Å². The third-order valence-corrected chi connectivity index (χ3v) is 3.04. The smallest absolute Gasteiger partial charge is 0.256 e. The van der Waals surface area contributed by atoms with Crippen molar-refractivity contribution in [3.05, 3.63) is 63.8 Å². The van der Waals surface area contributed by atoms with Gasteiger partial charge < -0.3 is 0 Å². The molecule has 2 aromatic heterocycles. The van der Waals surface area contributed by atoms with Crippen LogP contribution in [0.5, 0.6) is 0 Å². The molecule has 2 heterocycles. The highest BCUT2D eigenvalue weighted by molar-refractivity contribution is 6.31. The number of hydrogen-bond acceptors (Lipinski definition) is 3. The lowest BCUT2D eigenvalue weighted by Crippen LogP contribution is -2.17. The third-order valence-electron chi connectivity index (χ3n) is 2.80. The lowest BCUT2D eigenvalue weighted by molar-refractivity contribution is 0.923. The van der Waals surface area contributed by atoms with Gasteiger partial charge in [-0.25, -0.2) is 9.97 Å². The summed E-state index contributed by atoms with van der Waals surface area (Å²) in [5.74, 6) is 1.16. The van der Waals surface area contributed by atoms with E-state index in [9.17, 15) is 4.79 Å². The molecular weight excluding hydrogens is 262 g/mol. The van der Waals surface area contributed by atoms with Crippen molar-refractivity contribution >= 4 is 22.5 Å². The molecule has 0 saturated heterocycles. The van der Waals surface area contributed by atoms with Crippen LogP contribution in [0.4, 0.5) is 0 Å². The minimum atomic E-state index is -0.137. The van der Waals surface area contributed by atoms with Gasteiger partial charge in [0.05, 0.1) is 5.52 Å². The van der Waals surface area contributed by atoms with Gasteiger partial charge in [-0.15, -0.1) is 0 Å². The van der Waals surface area contributed by atoms with Crippen molar-refractivity contribution in [2.75, 3.05) is 0 Å². The van der Waals surface area contributed by atoms with Gasteiger partial charge in [-0.3, -0.25) is 9.36 Å². The first-order valence-electron chi connectivity index (χ1n) is 5.77. The number of nitrogens with zero attached hydrogens (tertiary/aromatic N) is 3. The summed E-state index contributed by atoms with van der Waals surface area (Å²) < 4.78 is 1.49. The summed E-state index contributed by atoms with van der Waals surface area (Å²) in [4.78, 5) is 20.6. The highest BCUT2D eigenvalue weighted by Crippen LogP contribution is 2.22. The van der Waals surface area contributed by atoms with E-state index in [-0.39, 0.29) is 5.56 Å². The maximum absolute atomic E-state index is 11.9. The van der Waals surface area contributed by atoms with Crippen molar-refractivity contribution in [2.24, 2.45) is 0 Å². The second-order valence-corrected chi connectivity index (χ2v) is 4.60. The van der Waals surface area contributed by atoms with E-state index in [2.05, 4.69) is 9.97 Å². The fourth-order valence-corrected chi connectivity index (χ4v) is 2.16. The zero-order chi connectivity index (χ0) is 13.4. The molecule has 3 aromatic rings. The van der Waals surface area contributed by atoms with Crippen molar-refractivity contribution < 1.29 is 0 Å².